The molecule has 24 heavy (non-hydrogen) atoms. The second-order valence-corrected chi connectivity index (χ2v) is 7.80. The number of hydrogen-bond donors (Lipinski definition) is 1. The van der Waals surface area contributed by atoms with Crippen LogP contribution in [0.25, 0.3) is 0 Å². The summed E-state index contributed by atoms with van der Waals surface area (Å²) in [6.45, 7) is 3.53. The third kappa shape index (κ3) is 5.61. The minimum Gasteiger partial charge on any atom is -0.452 e. The van der Waals surface area contributed by atoms with E-state index in [4.69, 9.17) is 4.74 Å². The van der Waals surface area contributed by atoms with Crippen molar-refractivity contribution in [1.29, 1.82) is 0 Å². The van der Waals surface area contributed by atoms with E-state index >= 15 is 0 Å². The van der Waals surface area contributed by atoms with Crippen molar-refractivity contribution in [3.63, 3.8) is 0 Å². The smallest absolute Gasteiger partial charge is 0.338 e. The van der Waals surface area contributed by atoms with Crippen molar-refractivity contribution >= 4 is 21.9 Å². The number of nitrogens with zero attached hydrogens (tertiary/aromatic N) is 1. The van der Waals surface area contributed by atoms with Crippen molar-refractivity contribution in [2.75, 3.05) is 20.7 Å². The number of carbonyl (C=O) groups is 2. The minimum atomic E-state index is -3.55. The lowest BCUT2D eigenvalue weighted by molar-refractivity contribution is -0.124. The molecule has 0 aliphatic rings. The maximum atomic E-state index is 11.9. The van der Waals surface area contributed by atoms with Crippen LogP contribution in [0.15, 0.2) is 29.2 Å². The summed E-state index contributed by atoms with van der Waals surface area (Å²) in [6, 6.07) is 5.40. The van der Waals surface area contributed by atoms with Crippen LogP contribution in [0, 0.1) is 0 Å². The topological polar surface area (TPSA) is 92.8 Å². The van der Waals surface area contributed by atoms with E-state index < -0.39 is 16.0 Å². The van der Waals surface area contributed by atoms with Gasteiger partial charge in [-0.15, -0.1) is 0 Å². The molecule has 0 bridgehead atoms. The predicted molar refractivity (Wildman–Crippen MR) is 90.1 cm³/mol. The van der Waals surface area contributed by atoms with E-state index in [1.165, 1.54) is 38.4 Å². The molecular weight excluding hydrogens is 332 g/mol. The normalized spacial score (nSPS) is 12.7. The summed E-state index contributed by atoms with van der Waals surface area (Å²) in [5.74, 6) is -1.04. The highest BCUT2D eigenvalue weighted by Gasteiger charge is 2.18. The second kappa shape index (κ2) is 8.79. The Morgan fingerprint density at radius 3 is 2.29 bits per heavy atom. The predicted octanol–water partition coefficient (Wildman–Crippen LogP) is 1.40. The van der Waals surface area contributed by atoms with Crippen LogP contribution in [0.3, 0.4) is 0 Å². The van der Waals surface area contributed by atoms with Crippen LogP contribution in [0.1, 0.15) is 37.0 Å². The Morgan fingerprint density at radius 2 is 1.79 bits per heavy atom. The zero-order valence-corrected chi connectivity index (χ0v) is 15.2. The molecule has 0 unspecified atom stereocenters. The Morgan fingerprint density at radius 1 is 1.21 bits per heavy atom. The zero-order valence-electron chi connectivity index (χ0n) is 14.4. The molecule has 1 amide bonds. The van der Waals surface area contributed by atoms with E-state index in [0.29, 0.717) is 0 Å². The van der Waals surface area contributed by atoms with Gasteiger partial charge >= 0.3 is 5.97 Å². The summed E-state index contributed by atoms with van der Waals surface area (Å²) < 4.78 is 29.9. The first-order valence-corrected chi connectivity index (χ1v) is 9.11. The van der Waals surface area contributed by atoms with E-state index in [2.05, 4.69) is 5.32 Å². The maximum Gasteiger partial charge on any atom is 0.338 e. The third-order valence-electron chi connectivity index (χ3n) is 3.33. The summed E-state index contributed by atoms with van der Waals surface area (Å²) in [5, 5.41) is 2.73. The Labute approximate surface area is 143 Å². The van der Waals surface area contributed by atoms with Gasteiger partial charge in [-0.05, 0) is 37.6 Å². The number of sulfonamides is 1. The molecule has 0 radical (unpaired) electrons. The lowest BCUT2D eigenvalue weighted by atomic mass is 10.2. The molecule has 0 aliphatic heterocycles. The fourth-order valence-corrected chi connectivity index (χ4v) is 2.91. The van der Waals surface area contributed by atoms with Crippen molar-refractivity contribution in [3.8, 4) is 0 Å². The van der Waals surface area contributed by atoms with Crippen LogP contribution < -0.4 is 5.32 Å². The number of rotatable bonds is 8. The number of hydrogen-bond acceptors (Lipinski definition) is 5. The van der Waals surface area contributed by atoms with E-state index in [0.717, 1.165) is 17.1 Å². The van der Waals surface area contributed by atoms with E-state index in [1.807, 2.05) is 13.8 Å². The Hall–Kier alpha value is -1.93. The highest BCUT2D eigenvalue weighted by atomic mass is 32.2. The van der Waals surface area contributed by atoms with Gasteiger partial charge in [0, 0.05) is 20.1 Å². The van der Waals surface area contributed by atoms with Crippen molar-refractivity contribution < 1.29 is 22.7 Å². The van der Waals surface area contributed by atoms with Crippen LogP contribution in [-0.4, -0.2) is 51.3 Å². The molecule has 1 aromatic rings. The molecule has 0 aromatic heterocycles. The molecule has 1 atom stereocenters. The Kier molecular flexibility index (Phi) is 7.37. The molecule has 0 saturated carbocycles. The maximum absolute atomic E-state index is 11.9. The monoisotopic (exact) mass is 356 g/mol. The number of amides is 1. The summed E-state index contributed by atoms with van der Waals surface area (Å²) in [4.78, 5) is 23.6. The molecule has 1 aromatic carbocycles. The molecule has 1 rings (SSSR count). The fourth-order valence-electron chi connectivity index (χ4n) is 2.01. The number of ether oxygens (including phenoxy) is 1. The second-order valence-electron chi connectivity index (χ2n) is 5.65. The average Bonchev–Trinajstić information content (AvgIpc) is 2.52. The van der Waals surface area contributed by atoms with Crippen LogP contribution >= 0.6 is 0 Å². The van der Waals surface area contributed by atoms with Crippen molar-refractivity contribution in [1.82, 2.24) is 9.62 Å². The quantitative estimate of drug-likeness (QED) is 0.711. The molecule has 134 valence electrons. The van der Waals surface area contributed by atoms with Gasteiger partial charge in [0.15, 0.2) is 6.61 Å². The average molecular weight is 356 g/mol. The molecule has 1 N–H and O–H groups in total. The van der Waals surface area contributed by atoms with Gasteiger partial charge in [0.05, 0.1) is 10.5 Å². The number of esters is 1. The Bertz CT molecular complexity index is 668. The minimum absolute atomic E-state index is 0.0247. The number of carbonyl (C=O) groups excluding carboxylic acids is 2. The summed E-state index contributed by atoms with van der Waals surface area (Å²) >= 11 is 0. The van der Waals surface area contributed by atoms with Gasteiger partial charge in [-0.1, -0.05) is 13.3 Å². The molecule has 7 nitrogen and oxygen atoms in total. The highest BCUT2D eigenvalue weighted by Crippen LogP contribution is 2.14. The first-order valence-electron chi connectivity index (χ1n) is 7.67. The highest BCUT2D eigenvalue weighted by molar-refractivity contribution is 7.89. The first kappa shape index (κ1) is 20.1. The number of nitrogens with one attached hydrogen (secondary N) is 1. The van der Waals surface area contributed by atoms with Crippen molar-refractivity contribution in [2.45, 2.75) is 37.6 Å². The van der Waals surface area contributed by atoms with Gasteiger partial charge in [0.1, 0.15) is 0 Å². The molecule has 0 saturated heterocycles. The first-order chi connectivity index (χ1) is 11.2. The molecule has 0 fully saturated rings. The Balaban J connectivity index is 2.62. The van der Waals surface area contributed by atoms with E-state index in [-0.39, 0.29) is 29.0 Å². The fraction of sp³-hybridized carbons (Fsp3) is 0.500. The summed E-state index contributed by atoms with van der Waals surface area (Å²) in [7, 11) is -0.694. The van der Waals surface area contributed by atoms with Crippen molar-refractivity contribution in [2.24, 2.45) is 0 Å². The van der Waals surface area contributed by atoms with E-state index in [1.54, 1.807) is 0 Å². The van der Waals surface area contributed by atoms with Crippen LogP contribution in [0.4, 0.5) is 0 Å². The van der Waals surface area contributed by atoms with Gasteiger partial charge in [0.25, 0.3) is 5.91 Å². The lowest BCUT2D eigenvalue weighted by Gasteiger charge is -2.13. The zero-order chi connectivity index (χ0) is 18.3. The van der Waals surface area contributed by atoms with Gasteiger partial charge < -0.3 is 10.1 Å². The molecular formula is C16H24N2O5S. The molecule has 0 aliphatic carbocycles. The van der Waals surface area contributed by atoms with Gasteiger partial charge in [-0.3, -0.25) is 4.79 Å². The van der Waals surface area contributed by atoms with Crippen LogP contribution in [-0.2, 0) is 19.6 Å². The van der Waals surface area contributed by atoms with Gasteiger partial charge in [-0.2, -0.15) is 0 Å². The lowest BCUT2D eigenvalue weighted by Crippen LogP contribution is -2.35. The molecule has 0 heterocycles. The largest absolute Gasteiger partial charge is 0.452 e. The van der Waals surface area contributed by atoms with Crippen molar-refractivity contribution in [3.05, 3.63) is 29.8 Å². The number of benzene rings is 1. The third-order valence-corrected chi connectivity index (χ3v) is 5.16. The molecule has 8 heteroatoms. The van der Waals surface area contributed by atoms with Crippen LogP contribution in [0.5, 0.6) is 0 Å². The van der Waals surface area contributed by atoms with Gasteiger partial charge in [-0.25, -0.2) is 17.5 Å². The molecule has 0 spiro atoms. The van der Waals surface area contributed by atoms with Crippen LogP contribution in [0.2, 0.25) is 0 Å². The standard InChI is InChI=1S/C16H24N2O5S/c1-5-6-12(2)17-15(19)11-23-16(20)13-7-9-14(10-8-13)24(21,22)18(3)4/h7-10,12H,5-6,11H2,1-4H3,(H,17,19)/t12-/m1/s1. The van der Waals surface area contributed by atoms with Gasteiger partial charge in [0.2, 0.25) is 10.0 Å². The summed E-state index contributed by atoms with van der Waals surface area (Å²) in [6.07, 6.45) is 1.80. The summed E-state index contributed by atoms with van der Waals surface area (Å²) in [5.41, 5.74) is 0.183. The van der Waals surface area contributed by atoms with E-state index in [9.17, 15) is 18.0 Å². The SMILES string of the molecule is CCC[C@@H](C)NC(=O)COC(=O)c1ccc(S(=O)(=O)N(C)C)cc1.